The first-order chi connectivity index (χ1) is 11.2. The third kappa shape index (κ3) is 3.30. The molecule has 1 N–H and O–H groups in total. The summed E-state index contributed by atoms with van der Waals surface area (Å²) in [4.78, 5) is 14.8. The predicted octanol–water partition coefficient (Wildman–Crippen LogP) is 4.79. The Morgan fingerprint density at radius 2 is 1.35 bits per heavy atom. The molecule has 114 valence electrons. The van der Waals surface area contributed by atoms with Crippen LogP contribution >= 0.6 is 0 Å². The van der Waals surface area contributed by atoms with E-state index < -0.39 is 16.9 Å². The molecule has 0 radical (unpaired) electrons. The number of rotatable bonds is 4. The van der Waals surface area contributed by atoms with E-state index in [2.05, 4.69) is 24.3 Å². The highest BCUT2D eigenvalue weighted by molar-refractivity contribution is 7.97. The second-order valence-corrected chi connectivity index (χ2v) is 7.23. The summed E-state index contributed by atoms with van der Waals surface area (Å²) in [7, 11) is -0.436. The first-order valence-electron chi connectivity index (χ1n) is 7.35. The first-order valence-corrected chi connectivity index (χ1v) is 8.57. The molecule has 0 atom stereocenters. The van der Waals surface area contributed by atoms with Gasteiger partial charge in [0.05, 0.1) is 0 Å². The smallest absolute Gasteiger partial charge is 0.340 e. The van der Waals surface area contributed by atoms with Gasteiger partial charge in [-0.3, -0.25) is 0 Å². The van der Waals surface area contributed by atoms with E-state index in [0.29, 0.717) is 5.56 Å². The van der Waals surface area contributed by atoms with Gasteiger partial charge in [-0.25, -0.2) is 4.79 Å². The molecule has 0 aliphatic rings. The van der Waals surface area contributed by atoms with Crippen LogP contribution in [0.15, 0.2) is 93.5 Å². The van der Waals surface area contributed by atoms with Crippen molar-refractivity contribution >= 4 is 16.9 Å². The Kier molecular flexibility index (Phi) is 4.49. The Morgan fingerprint density at radius 1 is 0.826 bits per heavy atom. The maximum Gasteiger partial charge on any atom is 0.340 e. The molecule has 0 heterocycles. The number of aromatic carboxylic acids is 1. The molecule has 0 saturated heterocycles. The third-order valence-corrected chi connectivity index (χ3v) is 5.83. The average Bonchev–Trinajstić information content (AvgIpc) is 2.58. The van der Waals surface area contributed by atoms with Crippen molar-refractivity contribution in [2.24, 2.45) is 0 Å². The zero-order valence-corrected chi connectivity index (χ0v) is 13.6. The molecule has 3 aromatic rings. The van der Waals surface area contributed by atoms with Crippen LogP contribution in [0.3, 0.4) is 0 Å². The maximum atomic E-state index is 11.7. The predicted molar refractivity (Wildman–Crippen MR) is 93.2 cm³/mol. The van der Waals surface area contributed by atoms with E-state index in [0.717, 1.165) is 20.2 Å². The van der Waals surface area contributed by atoms with Crippen LogP contribution in [0.5, 0.6) is 0 Å². The number of carboxylic acids is 1. The highest BCUT2D eigenvalue weighted by atomic mass is 32.2. The number of benzene rings is 3. The summed E-state index contributed by atoms with van der Waals surface area (Å²) in [6.45, 7) is 1.92. The highest BCUT2D eigenvalue weighted by Crippen LogP contribution is 2.33. The molecule has 3 aromatic carbocycles. The Hall–Kier alpha value is -2.52. The number of hydrogen-bond donors (Lipinski definition) is 1. The fraction of sp³-hybridized carbons (Fsp3) is 0.0500. The molecule has 2 nitrogen and oxygen atoms in total. The van der Waals surface area contributed by atoms with Gasteiger partial charge in [0.2, 0.25) is 0 Å². The van der Waals surface area contributed by atoms with Crippen LogP contribution in [-0.2, 0) is 10.9 Å². The summed E-state index contributed by atoms with van der Waals surface area (Å²) >= 11 is 0. The molecule has 23 heavy (non-hydrogen) atoms. The summed E-state index contributed by atoms with van der Waals surface area (Å²) in [5, 5.41) is 9.64. The lowest BCUT2D eigenvalue weighted by atomic mass is 10.1. The van der Waals surface area contributed by atoms with E-state index >= 15 is 0 Å². The van der Waals surface area contributed by atoms with Gasteiger partial charge in [-0.1, -0.05) is 42.5 Å². The zero-order chi connectivity index (χ0) is 16.2. The van der Waals surface area contributed by atoms with E-state index in [1.165, 1.54) is 0 Å². The zero-order valence-electron chi connectivity index (χ0n) is 12.8. The van der Waals surface area contributed by atoms with Gasteiger partial charge in [-0.2, -0.15) is 0 Å². The van der Waals surface area contributed by atoms with Crippen molar-refractivity contribution in [2.45, 2.75) is 21.6 Å². The van der Waals surface area contributed by atoms with Crippen molar-refractivity contribution in [3.8, 4) is 0 Å². The van der Waals surface area contributed by atoms with Gasteiger partial charge >= 0.3 is 5.97 Å². The summed E-state index contributed by atoms with van der Waals surface area (Å²) in [6, 6.07) is 25.8. The third-order valence-electron chi connectivity index (χ3n) is 3.54. The summed E-state index contributed by atoms with van der Waals surface area (Å²) in [5.41, 5.74) is 1.33. The summed E-state index contributed by atoms with van der Waals surface area (Å²) in [5.74, 6) is -0.881. The van der Waals surface area contributed by atoms with E-state index in [-0.39, 0.29) is 0 Å². The monoisotopic (exact) mass is 321 g/mol. The van der Waals surface area contributed by atoms with Crippen molar-refractivity contribution < 1.29 is 9.90 Å². The lowest BCUT2D eigenvalue weighted by molar-refractivity contribution is 0.0693. The van der Waals surface area contributed by atoms with Gasteiger partial charge in [0.25, 0.3) is 0 Å². The van der Waals surface area contributed by atoms with E-state index in [1.807, 2.05) is 55.5 Å². The van der Waals surface area contributed by atoms with E-state index in [9.17, 15) is 9.90 Å². The molecule has 0 unspecified atom stereocenters. The number of aryl methyl sites for hydroxylation is 1. The summed E-state index contributed by atoms with van der Waals surface area (Å²) < 4.78 is 0. The molecule has 0 spiro atoms. The number of carboxylic acid groups (broad SMARTS) is 1. The topological polar surface area (TPSA) is 37.3 Å². The summed E-state index contributed by atoms with van der Waals surface area (Å²) in [6.07, 6.45) is 0. The largest absolute Gasteiger partial charge is 0.478 e. The molecule has 0 aromatic heterocycles. The van der Waals surface area contributed by atoms with Crippen molar-refractivity contribution in [1.82, 2.24) is 0 Å². The Morgan fingerprint density at radius 3 is 1.83 bits per heavy atom. The fourth-order valence-electron chi connectivity index (χ4n) is 2.49. The van der Waals surface area contributed by atoms with Gasteiger partial charge in [-0.15, -0.1) is 0 Å². The van der Waals surface area contributed by atoms with Crippen LogP contribution in [-0.4, -0.2) is 11.1 Å². The van der Waals surface area contributed by atoms with Crippen molar-refractivity contribution in [3.63, 3.8) is 0 Å². The van der Waals surface area contributed by atoms with Crippen LogP contribution in [0, 0.1) is 6.92 Å². The minimum Gasteiger partial charge on any atom is -0.478 e. The molecule has 3 rings (SSSR count). The van der Waals surface area contributed by atoms with Gasteiger partial charge in [0.15, 0.2) is 14.7 Å². The lowest BCUT2D eigenvalue weighted by Gasteiger charge is -2.10. The van der Waals surface area contributed by atoms with Crippen LogP contribution in [0.1, 0.15) is 15.9 Å². The molecule has 0 aliphatic heterocycles. The SMILES string of the molecule is Cc1ccc([S+](c2ccccc2)c2ccccc2)c(C(=O)O)c1. The average molecular weight is 321 g/mol. The quantitative estimate of drug-likeness (QED) is 0.702. The fourth-order valence-corrected chi connectivity index (χ4v) is 4.70. The Balaban J connectivity index is 2.23. The molecule has 0 amide bonds. The van der Waals surface area contributed by atoms with Crippen LogP contribution in [0.25, 0.3) is 0 Å². The van der Waals surface area contributed by atoms with Crippen molar-refractivity contribution in [2.75, 3.05) is 0 Å². The van der Waals surface area contributed by atoms with Crippen molar-refractivity contribution in [1.29, 1.82) is 0 Å². The lowest BCUT2D eigenvalue weighted by Crippen LogP contribution is -2.11. The van der Waals surface area contributed by atoms with E-state index in [1.54, 1.807) is 6.07 Å². The maximum absolute atomic E-state index is 11.7. The molecule has 0 fully saturated rings. The molecule has 0 bridgehead atoms. The Bertz CT molecular complexity index is 774. The molecular formula is C20H17O2S+. The van der Waals surface area contributed by atoms with Gasteiger partial charge in [0.1, 0.15) is 16.5 Å². The molecule has 0 saturated carbocycles. The van der Waals surface area contributed by atoms with Crippen LogP contribution in [0.4, 0.5) is 0 Å². The molecule has 0 aliphatic carbocycles. The Labute approximate surface area is 138 Å². The second-order valence-electron chi connectivity index (χ2n) is 5.24. The van der Waals surface area contributed by atoms with Gasteiger partial charge < -0.3 is 5.11 Å². The highest BCUT2D eigenvalue weighted by Gasteiger charge is 2.32. The van der Waals surface area contributed by atoms with E-state index in [4.69, 9.17) is 0 Å². The van der Waals surface area contributed by atoms with Crippen LogP contribution < -0.4 is 0 Å². The number of hydrogen-bond acceptors (Lipinski definition) is 1. The standard InChI is InChI=1S/C20H16O2S/c1-15-12-13-19(18(14-15)20(21)22)23(16-8-4-2-5-9-16)17-10-6-3-7-11-17/h2-14H,1H3/p+1. The van der Waals surface area contributed by atoms with Gasteiger partial charge in [0, 0.05) is 0 Å². The minimum atomic E-state index is -0.881. The van der Waals surface area contributed by atoms with Crippen LogP contribution in [0.2, 0.25) is 0 Å². The normalized spacial score (nSPS) is 10.7. The molecule has 3 heteroatoms. The number of carbonyl (C=O) groups is 1. The first kappa shape index (κ1) is 15.4. The second kappa shape index (κ2) is 6.71. The minimum absolute atomic E-state index is 0.376. The van der Waals surface area contributed by atoms with Crippen molar-refractivity contribution in [3.05, 3.63) is 90.0 Å². The molecular weight excluding hydrogens is 304 g/mol. The van der Waals surface area contributed by atoms with Gasteiger partial charge in [-0.05, 0) is 48.9 Å².